The highest BCUT2D eigenvalue weighted by atomic mass is 35.5. The van der Waals surface area contributed by atoms with Gasteiger partial charge in [0.05, 0.1) is 11.8 Å². The zero-order valence-corrected chi connectivity index (χ0v) is 19.0. The molecule has 4 aliphatic carbocycles. The Hall–Kier alpha value is -2.92. The Morgan fingerprint density at radius 1 is 1.00 bits per heavy atom. The third-order valence-electron chi connectivity index (χ3n) is 8.11. The average Bonchev–Trinajstić information content (AvgIpc) is 3.60. The van der Waals surface area contributed by atoms with Crippen LogP contribution in [0.25, 0.3) is 0 Å². The van der Waals surface area contributed by atoms with Gasteiger partial charge in [-0.15, -0.1) is 0 Å². The monoisotopic (exact) mass is 460 g/mol. The molecule has 1 heterocycles. The molecule has 2 aromatic carbocycles. The van der Waals surface area contributed by atoms with Gasteiger partial charge in [0.2, 0.25) is 17.7 Å². The Labute approximate surface area is 197 Å². The van der Waals surface area contributed by atoms with E-state index in [1.165, 1.54) is 4.90 Å². The van der Waals surface area contributed by atoms with Gasteiger partial charge in [0, 0.05) is 17.1 Å². The summed E-state index contributed by atoms with van der Waals surface area (Å²) in [4.78, 5) is 42.3. The van der Waals surface area contributed by atoms with Gasteiger partial charge in [0.25, 0.3) is 0 Å². The van der Waals surface area contributed by atoms with Crippen LogP contribution in [-0.4, -0.2) is 28.7 Å². The van der Waals surface area contributed by atoms with E-state index in [1.54, 1.807) is 18.2 Å². The number of nitrogens with zero attached hydrogens (tertiary/aromatic N) is 1. The van der Waals surface area contributed by atoms with Crippen molar-refractivity contribution < 1.29 is 14.4 Å². The first-order chi connectivity index (χ1) is 16.0. The first-order valence-electron chi connectivity index (χ1n) is 11.6. The van der Waals surface area contributed by atoms with Crippen LogP contribution in [-0.2, 0) is 20.8 Å². The van der Waals surface area contributed by atoms with Gasteiger partial charge in [0.15, 0.2) is 0 Å². The zero-order chi connectivity index (χ0) is 22.9. The van der Waals surface area contributed by atoms with Crippen molar-refractivity contribution in [2.24, 2.45) is 35.5 Å². The van der Waals surface area contributed by atoms with Crippen LogP contribution in [0.4, 0.5) is 5.69 Å². The molecule has 7 atom stereocenters. The molecule has 5 nitrogen and oxygen atoms in total. The van der Waals surface area contributed by atoms with E-state index in [2.05, 4.69) is 17.5 Å². The topological polar surface area (TPSA) is 66.5 Å². The van der Waals surface area contributed by atoms with E-state index in [0.29, 0.717) is 22.5 Å². The van der Waals surface area contributed by atoms with Crippen molar-refractivity contribution in [1.82, 2.24) is 4.90 Å². The number of hydrogen-bond acceptors (Lipinski definition) is 3. The zero-order valence-electron chi connectivity index (χ0n) is 18.3. The van der Waals surface area contributed by atoms with Crippen LogP contribution in [0.3, 0.4) is 0 Å². The number of carbonyl (C=O) groups is 3. The summed E-state index contributed by atoms with van der Waals surface area (Å²) in [6.07, 6.45) is 5.68. The number of likely N-dealkylation sites (tertiary alicyclic amines) is 1. The van der Waals surface area contributed by atoms with Crippen molar-refractivity contribution in [1.29, 1.82) is 0 Å². The van der Waals surface area contributed by atoms with Crippen molar-refractivity contribution in [3.63, 3.8) is 0 Å². The van der Waals surface area contributed by atoms with Crippen LogP contribution in [0, 0.1) is 42.4 Å². The molecule has 0 radical (unpaired) electrons. The number of anilines is 1. The van der Waals surface area contributed by atoms with Gasteiger partial charge in [-0.05, 0) is 60.3 Å². The second-order valence-electron chi connectivity index (χ2n) is 9.81. The van der Waals surface area contributed by atoms with Gasteiger partial charge < -0.3 is 5.32 Å². The van der Waals surface area contributed by atoms with Gasteiger partial charge in [-0.1, -0.05) is 60.2 Å². The maximum atomic E-state index is 13.7. The third-order valence-corrected chi connectivity index (χ3v) is 8.52. The lowest BCUT2D eigenvalue weighted by atomic mass is 9.63. The van der Waals surface area contributed by atoms with Crippen LogP contribution >= 0.6 is 11.6 Å². The molecule has 0 unspecified atom stereocenters. The fraction of sp³-hybridized carbons (Fsp3) is 0.370. The summed E-state index contributed by atoms with van der Waals surface area (Å²) in [5.74, 6) is -0.0891. The third kappa shape index (κ3) is 3.17. The van der Waals surface area contributed by atoms with E-state index in [-0.39, 0.29) is 47.8 Å². The summed E-state index contributed by atoms with van der Waals surface area (Å²) in [7, 11) is 0. The number of halogens is 1. The van der Waals surface area contributed by atoms with Crippen LogP contribution in [0.5, 0.6) is 0 Å². The minimum Gasteiger partial charge on any atom is -0.324 e. The standard InChI is InChI=1S/C27H25ClN2O3/c1-14-20(28)8-5-9-21(14)29-25(31)22(12-15-6-3-2-4-7-15)30-26(32)23-16-10-11-17(19-13-18(16)19)24(23)27(30)33/h2-11,16-19,22-24H,12-13H2,1H3,(H,29,31)/t16-,17-,18-,19-,22+,23-,24+/m1/s1. The molecule has 7 rings (SSSR count). The fourth-order valence-electron chi connectivity index (χ4n) is 6.38. The van der Waals surface area contributed by atoms with E-state index in [9.17, 15) is 14.4 Å². The summed E-state index contributed by atoms with van der Waals surface area (Å²) in [5, 5.41) is 3.49. The molecule has 2 bridgehead atoms. The molecule has 1 N–H and O–H groups in total. The van der Waals surface area contributed by atoms with E-state index < -0.39 is 6.04 Å². The predicted octanol–water partition coefficient (Wildman–Crippen LogP) is 4.25. The largest absolute Gasteiger partial charge is 0.324 e. The van der Waals surface area contributed by atoms with E-state index in [4.69, 9.17) is 11.6 Å². The maximum Gasteiger partial charge on any atom is 0.248 e. The smallest absolute Gasteiger partial charge is 0.248 e. The Bertz CT molecular complexity index is 1160. The SMILES string of the molecule is Cc1c(Cl)cccc1NC(=O)[C@H](Cc1ccccc1)N1C(=O)[C@@H]2[C@@H]3C=C[C@H]([C@H]4C[C@H]34)[C@@H]2C1=O. The summed E-state index contributed by atoms with van der Waals surface area (Å²) in [6, 6.07) is 14.0. The van der Waals surface area contributed by atoms with Gasteiger partial charge in [0.1, 0.15) is 6.04 Å². The lowest BCUT2D eigenvalue weighted by Crippen LogP contribution is -2.49. The van der Waals surface area contributed by atoms with Crippen molar-refractivity contribution in [3.8, 4) is 0 Å². The van der Waals surface area contributed by atoms with Crippen molar-refractivity contribution in [3.05, 3.63) is 76.8 Å². The summed E-state index contributed by atoms with van der Waals surface area (Å²) >= 11 is 6.24. The first kappa shape index (κ1) is 20.7. The van der Waals surface area contributed by atoms with Gasteiger partial charge in [-0.2, -0.15) is 0 Å². The van der Waals surface area contributed by atoms with E-state index in [1.807, 2.05) is 37.3 Å². The second-order valence-corrected chi connectivity index (χ2v) is 10.2. The molecule has 3 fully saturated rings. The molecule has 1 aliphatic heterocycles. The summed E-state index contributed by atoms with van der Waals surface area (Å²) in [5.41, 5.74) is 2.24. The minimum atomic E-state index is -0.910. The summed E-state index contributed by atoms with van der Waals surface area (Å²) in [6.45, 7) is 1.83. The number of rotatable bonds is 5. The quantitative estimate of drug-likeness (QED) is 0.535. The van der Waals surface area contributed by atoms with Gasteiger partial charge >= 0.3 is 0 Å². The van der Waals surface area contributed by atoms with Crippen LogP contribution < -0.4 is 5.32 Å². The molecular weight excluding hydrogens is 436 g/mol. The Morgan fingerprint density at radius 3 is 2.27 bits per heavy atom. The molecule has 2 aromatic rings. The Morgan fingerprint density at radius 2 is 1.64 bits per heavy atom. The van der Waals surface area contributed by atoms with Crippen LogP contribution in [0.15, 0.2) is 60.7 Å². The minimum absolute atomic E-state index is 0.127. The number of hydrogen-bond donors (Lipinski definition) is 1. The van der Waals surface area contributed by atoms with Gasteiger partial charge in [-0.25, -0.2) is 0 Å². The second kappa shape index (κ2) is 7.56. The van der Waals surface area contributed by atoms with Crippen molar-refractivity contribution in [2.45, 2.75) is 25.8 Å². The van der Waals surface area contributed by atoms with Crippen molar-refractivity contribution in [2.75, 3.05) is 5.32 Å². The normalized spacial score (nSPS) is 31.9. The van der Waals surface area contributed by atoms with Crippen molar-refractivity contribution >= 4 is 35.0 Å². The van der Waals surface area contributed by atoms with E-state index in [0.717, 1.165) is 17.5 Å². The molecule has 1 saturated heterocycles. The highest BCUT2D eigenvalue weighted by Gasteiger charge is 2.67. The number of carbonyl (C=O) groups excluding carboxylic acids is 3. The molecule has 33 heavy (non-hydrogen) atoms. The lowest BCUT2D eigenvalue weighted by Gasteiger charge is -2.37. The molecule has 5 aliphatic rings. The molecule has 3 amide bonds. The number of allylic oxidation sites excluding steroid dienone is 2. The Kier molecular flexibility index (Phi) is 4.73. The van der Waals surface area contributed by atoms with Gasteiger partial charge in [-0.3, -0.25) is 19.3 Å². The predicted molar refractivity (Wildman–Crippen MR) is 125 cm³/mol. The molecule has 0 spiro atoms. The highest BCUT2D eigenvalue weighted by molar-refractivity contribution is 6.31. The molecule has 0 aromatic heterocycles. The molecule has 168 valence electrons. The van der Waals surface area contributed by atoms with Crippen LogP contribution in [0.2, 0.25) is 5.02 Å². The number of imide groups is 1. The molecular formula is C27H25ClN2O3. The van der Waals surface area contributed by atoms with E-state index >= 15 is 0 Å². The summed E-state index contributed by atoms with van der Waals surface area (Å²) < 4.78 is 0. The Balaban J connectivity index is 1.34. The highest BCUT2D eigenvalue weighted by Crippen LogP contribution is 2.65. The molecule has 2 saturated carbocycles. The fourth-order valence-corrected chi connectivity index (χ4v) is 6.56. The average molecular weight is 461 g/mol. The molecule has 6 heteroatoms. The maximum absolute atomic E-state index is 13.7. The van der Waals surface area contributed by atoms with Crippen LogP contribution in [0.1, 0.15) is 17.5 Å². The number of benzene rings is 2. The lowest BCUT2D eigenvalue weighted by molar-refractivity contribution is -0.146. The first-order valence-corrected chi connectivity index (χ1v) is 12.0. The number of amides is 3. The number of nitrogens with one attached hydrogen (secondary N) is 1.